The molecule has 1 atom stereocenters. The SMILES string of the molecule is COc1cc(N)c(Cl)cc1C(=O)O[C@H](C)C(N)=O. The Morgan fingerprint density at radius 3 is 2.50 bits per heavy atom. The van der Waals surface area contributed by atoms with Crippen LogP contribution in [0, 0.1) is 0 Å². The van der Waals surface area contributed by atoms with Crippen LogP contribution in [0.2, 0.25) is 5.02 Å². The second-order valence-corrected chi connectivity index (χ2v) is 3.93. The zero-order chi connectivity index (χ0) is 13.9. The first-order chi connectivity index (χ1) is 8.36. The summed E-state index contributed by atoms with van der Waals surface area (Å²) >= 11 is 5.81. The van der Waals surface area contributed by atoms with Crippen LogP contribution >= 0.6 is 11.6 Å². The van der Waals surface area contributed by atoms with Crippen molar-refractivity contribution in [2.75, 3.05) is 12.8 Å². The number of esters is 1. The lowest BCUT2D eigenvalue weighted by molar-refractivity contribution is -0.125. The van der Waals surface area contributed by atoms with Crippen LogP contribution in [0.4, 0.5) is 5.69 Å². The van der Waals surface area contributed by atoms with Crippen LogP contribution in [0.5, 0.6) is 5.75 Å². The van der Waals surface area contributed by atoms with Crippen molar-refractivity contribution in [2.24, 2.45) is 5.73 Å². The molecule has 1 aromatic rings. The van der Waals surface area contributed by atoms with Crippen molar-refractivity contribution < 1.29 is 19.1 Å². The number of amides is 1. The highest BCUT2D eigenvalue weighted by Crippen LogP contribution is 2.29. The number of benzene rings is 1. The summed E-state index contributed by atoms with van der Waals surface area (Å²) in [4.78, 5) is 22.6. The Balaban J connectivity index is 3.05. The number of ether oxygens (including phenoxy) is 2. The van der Waals surface area contributed by atoms with Crippen molar-refractivity contribution in [2.45, 2.75) is 13.0 Å². The van der Waals surface area contributed by atoms with Gasteiger partial charge in [-0.3, -0.25) is 4.79 Å². The molecule has 0 aliphatic heterocycles. The molecule has 1 aromatic carbocycles. The van der Waals surface area contributed by atoms with Crippen molar-refractivity contribution in [3.8, 4) is 5.75 Å². The molecule has 98 valence electrons. The van der Waals surface area contributed by atoms with Gasteiger partial charge in [0.25, 0.3) is 5.91 Å². The fourth-order valence-electron chi connectivity index (χ4n) is 1.18. The highest BCUT2D eigenvalue weighted by atomic mass is 35.5. The molecule has 0 radical (unpaired) electrons. The molecule has 0 heterocycles. The Morgan fingerprint density at radius 2 is 2.00 bits per heavy atom. The van der Waals surface area contributed by atoms with Crippen molar-refractivity contribution in [3.05, 3.63) is 22.7 Å². The molecule has 0 saturated heterocycles. The number of carbonyl (C=O) groups is 2. The van der Waals surface area contributed by atoms with E-state index >= 15 is 0 Å². The Morgan fingerprint density at radius 1 is 1.39 bits per heavy atom. The summed E-state index contributed by atoms with van der Waals surface area (Å²) in [7, 11) is 1.37. The normalized spacial score (nSPS) is 11.7. The van der Waals surface area contributed by atoms with Crippen LogP contribution in [0.25, 0.3) is 0 Å². The second kappa shape index (κ2) is 5.59. The molecule has 0 fully saturated rings. The largest absolute Gasteiger partial charge is 0.496 e. The highest BCUT2D eigenvalue weighted by Gasteiger charge is 2.20. The van der Waals surface area contributed by atoms with Crippen molar-refractivity contribution in [1.82, 2.24) is 0 Å². The third kappa shape index (κ3) is 3.04. The van der Waals surface area contributed by atoms with E-state index in [4.69, 9.17) is 32.5 Å². The number of rotatable bonds is 4. The van der Waals surface area contributed by atoms with E-state index in [1.165, 1.54) is 26.2 Å². The molecule has 0 spiro atoms. The molecule has 7 heteroatoms. The van der Waals surface area contributed by atoms with Crippen LogP contribution in [0.1, 0.15) is 17.3 Å². The predicted octanol–water partition coefficient (Wildman–Crippen LogP) is 0.961. The monoisotopic (exact) mass is 272 g/mol. The number of hydrogen-bond donors (Lipinski definition) is 2. The minimum Gasteiger partial charge on any atom is -0.496 e. The van der Waals surface area contributed by atoms with E-state index in [1.54, 1.807) is 0 Å². The molecule has 18 heavy (non-hydrogen) atoms. The van der Waals surface area contributed by atoms with Gasteiger partial charge in [0.2, 0.25) is 0 Å². The zero-order valence-corrected chi connectivity index (χ0v) is 10.7. The highest BCUT2D eigenvalue weighted by molar-refractivity contribution is 6.33. The number of anilines is 1. The van der Waals surface area contributed by atoms with E-state index in [-0.39, 0.29) is 22.0 Å². The van der Waals surface area contributed by atoms with Gasteiger partial charge < -0.3 is 20.9 Å². The van der Waals surface area contributed by atoms with Crippen LogP contribution in [-0.2, 0) is 9.53 Å². The number of nitrogens with two attached hydrogens (primary N) is 2. The quantitative estimate of drug-likeness (QED) is 0.627. The molecular weight excluding hydrogens is 260 g/mol. The molecular formula is C11H13ClN2O4. The van der Waals surface area contributed by atoms with Crippen LogP contribution in [0.15, 0.2) is 12.1 Å². The zero-order valence-electron chi connectivity index (χ0n) is 9.90. The third-order valence-corrected chi connectivity index (χ3v) is 2.55. The fraction of sp³-hybridized carbons (Fsp3) is 0.273. The average molecular weight is 273 g/mol. The smallest absolute Gasteiger partial charge is 0.342 e. The molecule has 0 aliphatic carbocycles. The molecule has 1 rings (SSSR count). The molecule has 6 nitrogen and oxygen atoms in total. The third-order valence-electron chi connectivity index (χ3n) is 2.22. The minimum atomic E-state index is -1.04. The van der Waals surface area contributed by atoms with E-state index in [1.807, 2.05) is 0 Å². The van der Waals surface area contributed by atoms with Gasteiger partial charge in [-0.25, -0.2) is 4.79 Å². The first kappa shape index (κ1) is 14.1. The summed E-state index contributed by atoms with van der Waals surface area (Å²) in [6.07, 6.45) is -1.04. The summed E-state index contributed by atoms with van der Waals surface area (Å²) in [5, 5.41) is 0.189. The van der Waals surface area contributed by atoms with Gasteiger partial charge in [0, 0.05) is 6.07 Å². The lowest BCUT2D eigenvalue weighted by atomic mass is 10.2. The molecule has 0 saturated carbocycles. The van der Waals surface area contributed by atoms with E-state index < -0.39 is 18.0 Å². The fourth-order valence-corrected chi connectivity index (χ4v) is 1.34. The minimum absolute atomic E-state index is 0.0739. The Hall–Kier alpha value is -1.95. The lowest BCUT2D eigenvalue weighted by Gasteiger charge is -2.13. The van der Waals surface area contributed by atoms with Crippen LogP contribution < -0.4 is 16.2 Å². The number of halogens is 1. The van der Waals surface area contributed by atoms with E-state index in [0.29, 0.717) is 0 Å². The first-order valence-corrected chi connectivity index (χ1v) is 5.38. The maximum absolute atomic E-state index is 11.8. The number of hydrogen-bond acceptors (Lipinski definition) is 5. The van der Waals surface area contributed by atoms with E-state index in [0.717, 1.165) is 0 Å². The average Bonchev–Trinajstić information content (AvgIpc) is 2.31. The van der Waals surface area contributed by atoms with Crippen molar-refractivity contribution in [3.63, 3.8) is 0 Å². The Labute approximate surface area is 109 Å². The standard InChI is InChI=1S/C11H13ClN2O4/c1-5(10(14)15)18-11(16)6-3-7(12)8(13)4-9(6)17-2/h3-5H,13H2,1-2H3,(H2,14,15)/t5-/m1/s1. The van der Waals surface area contributed by atoms with Gasteiger partial charge in [0.15, 0.2) is 6.10 Å². The van der Waals surface area contributed by atoms with Gasteiger partial charge in [-0.05, 0) is 13.0 Å². The summed E-state index contributed by atoms with van der Waals surface area (Å²) in [6.45, 7) is 1.37. The summed E-state index contributed by atoms with van der Waals surface area (Å²) in [5.74, 6) is -1.30. The van der Waals surface area contributed by atoms with Gasteiger partial charge >= 0.3 is 5.97 Å². The van der Waals surface area contributed by atoms with E-state index in [9.17, 15) is 9.59 Å². The Kier molecular flexibility index (Phi) is 4.38. The number of carbonyl (C=O) groups excluding carboxylic acids is 2. The molecule has 0 aromatic heterocycles. The second-order valence-electron chi connectivity index (χ2n) is 3.52. The maximum atomic E-state index is 11.8. The summed E-state index contributed by atoms with van der Waals surface area (Å²) in [5.41, 5.74) is 10.9. The number of methoxy groups -OCH3 is 1. The van der Waals surface area contributed by atoms with Gasteiger partial charge in [-0.2, -0.15) is 0 Å². The van der Waals surface area contributed by atoms with Gasteiger partial charge in [0.05, 0.1) is 17.8 Å². The topological polar surface area (TPSA) is 105 Å². The van der Waals surface area contributed by atoms with Crippen LogP contribution in [-0.4, -0.2) is 25.1 Å². The van der Waals surface area contributed by atoms with Crippen LogP contribution in [0.3, 0.4) is 0 Å². The van der Waals surface area contributed by atoms with Gasteiger partial charge in [-0.1, -0.05) is 11.6 Å². The maximum Gasteiger partial charge on any atom is 0.342 e. The van der Waals surface area contributed by atoms with E-state index in [2.05, 4.69) is 0 Å². The number of nitrogen functional groups attached to an aromatic ring is 1. The van der Waals surface area contributed by atoms with Crippen molar-refractivity contribution in [1.29, 1.82) is 0 Å². The van der Waals surface area contributed by atoms with Crippen molar-refractivity contribution >= 4 is 29.2 Å². The molecule has 4 N–H and O–H groups in total. The Bertz CT molecular complexity index is 490. The molecule has 0 aliphatic rings. The lowest BCUT2D eigenvalue weighted by Crippen LogP contribution is -2.30. The number of primary amides is 1. The van der Waals surface area contributed by atoms with Gasteiger partial charge in [0.1, 0.15) is 11.3 Å². The summed E-state index contributed by atoms with van der Waals surface area (Å²) < 4.78 is 9.83. The van der Waals surface area contributed by atoms with Gasteiger partial charge in [-0.15, -0.1) is 0 Å². The predicted molar refractivity (Wildman–Crippen MR) is 66.5 cm³/mol. The first-order valence-electron chi connectivity index (χ1n) is 5.00. The summed E-state index contributed by atoms with van der Waals surface area (Å²) in [6, 6.07) is 2.71. The molecule has 1 amide bonds. The molecule has 0 bridgehead atoms. The molecule has 0 unspecified atom stereocenters.